The summed E-state index contributed by atoms with van der Waals surface area (Å²) in [4.78, 5) is 31.9. The van der Waals surface area contributed by atoms with Crippen LogP contribution in [0.5, 0.6) is 0 Å². The maximum absolute atomic E-state index is 12.9. The monoisotopic (exact) mass is 359 g/mol. The normalized spacial score (nSPS) is 21.2. The van der Waals surface area contributed by atoms with Crippen LogP contribution in [0.2, 0.25) is 0 Å². The molecule has 1 fully saturated rings. The van der Waals surface area contributed by atoms with Crippen LogP contribution >= 0.6 is 11.3 Å². The first-order chi connectivity index (χ1) is 12.1. The van der Waals surface area contributed by atoms with E-state index in [0.29, 0.717) is 5.92 Å². The minimum atomic E-state index is -0.0760. The second kappa shape index (κ2) is 6.90. The van der Waals surface area contributed by atoms with Crippen molar-refractivity contribution >= 4 is 27.5 Å². The number of aromatic nitrogens is 2. The Balaban J connectivity index is 1.57. The minimum absolute atomic E-state index is 0.0594. The highest BCUT2D eigenvalue weighted by molar-refractivity contribution is 7.18. The van der Waals surface area contributed by atoms with Crippen LogP contribution in [0.3, 0.4) is 0 Å². The van der Waals surface area contributed by atoms with Crippen molar-refractivity contribution in [2.45, 2.75) is 70.9 Å². The molecule has 2 aromatic heterocycles. The predicted molar refractivity (Wildman–Crippen MR) is 100 cm³/mol. The van der Waals surface area contributed by atoms with E-state index in [-0.39, 0.29) is 24.1 Å². The Kier molecular flexibility index (Phi) is 4.63. The van der Waals surface area contributed by atoms with Crippen LogP contribution in [-0.4, -0.2) is 21.5 Å². The van der Waals surface area contributed by atoms with Gasteiger partial charge in [-0.15, -0.1) is 11.3 Å². The molecule has 0 radical (unpaired) electrons. The zero-order valence-electron chi connectivity index (χ0n) is 14.7. The third-order valence-electron chi connectivity index (χ3n) is 5.57. The third-order valence-corrected chi connectivity index (χ3v) is 6.73. The average molecular weight is 359 g/mol. The highest BCUT2D eigenvalue weighted by Crippen LogP contribution is 2.35. The first kappa shape index (κ1) is 16.8. The highest BCUT2D eigenvalue weighted by Gasteiger charge is 2.23. The average Bonchev–Trinajstić information content (AvgIpc) is 2.96. The van der Waals surface area contributed by atoms with Gasteiger partial charge in [-0.1, -0.05) is 26.2 Å². The van der Waals surface area contributed by atoms with Gasteiger partial charge >= 0.3 is 0 Å². The number of fused-ring (bicyclic) bond motifs is 3. The number of carbonyl (C=O) groups is 1. The number of nitrogens with zero attached hydrogens (tertiary/aromatic N) is 2. The van der Waals surface area contributed by atoms with Crippen molar-refractivity contribution in [3.63, 3.8) is 0 Å². The summed E-state index contributed by atoms with van der Waals surface area (Å²) in [6.45, 7) is 2.33. The van der Waals surface area contributed by atoms with E-state index in [1.165, 1.54) is 40.6 Å². The lowest BCUT2D eigenvalue weighted by atomic mass is 9.89. The SMILES string of the molecule is CC1CCc2c(sc3ncn(CC(=O)NC4CCCCC4)c(=O)c23)C1. The molecule has 1 N–H and O–H groups in total. The van der Waals surface area contributed by atoms with E-state index in [9.17, 15) is 9.59 Å². The molecule has 2 aliphatic carbocycles. The lowest BCUT2D eigenvalue weighted by Crippen LogP contribution is -2.39. The van der Waals surface area contributed by atoms with Crippen molar-refractivity contribution in [3.05, 3.63) is 27.1 Å². The molecule has 1 saturated carbocycles. The predicted octanol–water partition coefficient (Wildman–Crippen LogP) is 3.03. The van der Waals surface area contributed by atoms with Crippen LogP contribution in [0.25, 0.3) is 10.2 Å². The molecule has 134 valence electrons. The van der Waals surface area contributed by atoms with E-state index in [4.69, 9.17) is 0 Å². The van der Waals surface area contributed by atoms with Gasteiger partial charge in [0, 0.05) is 10.9 Å². The van der Waals surface area contributed by atoms with Crippen LogP contribution in [-0.2, 0) is 24.2 Å². The fourth-order valence-electron chi connectivity index (χ4n) is 4.15. The number of amides is 1. The second-order valence-corrected chi connectivity index (χ2v) is 8.70. The zero-order chi connectivity index (χ0) is 17.4. The second-order valence-electron chi connectivity index (χ2n) is 7.61. The molecule has 6 heteroatoms. The van der Waals surface area contributed by atoms with Gasteiger partial charge < -0.3 is 5.32 Å². The highest BCUT2D eigenvalue weighted by atomic mass is 32.1. The van der Waals surface area contributed by atoms with Gasteiger partial charge in [0.25, 0.3) is 5.56 Å². The summed E-state index contributed by atoms with van der Waals surface area (Å²) in [6.07, 6.45) is 10.4. The van der Waals surface area contributed by atoms with Crippen LogP contribution in [0.4, 0.5) is 0 Å². The Labute approximate surface area is 151 Å². The van der Waals surface area contributed by atoms with Gasteiger partial charge in [-0.2, -0.15) is 0 Å². The molecule has 1 unspecified atom stereocenters. The van der Waals surface area contributed by atoms with Crippen LogP contribution in [0, 0.1) is 5.92 Å². The Bertz CT molecular complexity index is 848. The van der Waals surface area contributed by atoms with E-state index in [0.717, 1.165) is 42.3 Å². The van der Waals surface area contributed by atoms with Crippen LogP contribution in [0.1, 0.15) is 55.9 Å². The summed E-state index contributed by atoms with van der Waals surface area (Å²) in [5, 5.41) is 3.83. The molecule has 0 aromatic carbocycles. The summed E-state index contributed by atoms with van der Waals surface area (Å²) in [5.74, 6) is 0.594. The molecule has 0 bridgehead atoms. The van der Waals surface area contributed by atoms with Crippen molar-refractivity contribution in [1.29, 1.82) is 0 Å². The fraction of sp³-hybridized carbons (Fsp3) is 0.632. The molecule has 1 amide bonds. The van der Waals surface area contributed by atoms with Gasteiger partial charge in [0.1, 0.15) is 11.4 Å². The van der Waals surface area contributed by atoms with Crippen molar-refractivity contribution in [3.8, 4) is 0 Å². The number of hydrogen-bond donors (Lipinski definition) is 1. The maximum Gasteiger partial charge on any atom is 0.262 e. The summed E-state index contributed by atoms with van der Waals surface area (Å²) in [6, 6.07) is 0.268. The standard InChI is InChI=1S/C19H25N3O2S/c1-12-7-8-14-15(9-12)25-18-17(14)19(24)22(11-20-18)10-16(23)21-13-5-3-2-4-6-13/h11-13H,2-10H2,1H3,(H,21,23). The maximum atomic E-state index is 12.9. The number of hydrogen-bond acceptors (Lipinski definition) is 4. The van der Waals surface area contributed by atoms with Crippen molar-refractivity contribution in [2.75, 3.05) is 0 Å². The molecule has 5 nitrogen and oxygen atoms in total. The van der Waals surface area contributed by atoms with Gasteiger partial charge in [0.05, 0.1) is 11.7 Å². The Morgan fingerprint density at radius 1 is 1.32 bits per heavy atom. The van der Waals surface area contributed by atoms with Gasteiger partial charge in [0.15, 0.2) is 0 Å². The number of thiophene rings is 1. The lowest BCUT2D eigenvalue weighted by molar-refractivity contribution is -0.122. The van der Waals surface area contributed by atoms with Gasteiger partial charge in [-0.3, -0.25) is 14.2 Å². The first-order valence-electron chi connectivity index (χ1n) is 9.41. The van der Waals surface area contributed by atoms with Crippen molar-refractivity contribution in [2.24, 2.45) is 5.92 Å². The molecule has 25 heavy (non-hydrogen) atoms. The molecule has 0 aliphatic heterocycles. The summed E-state index contributed by atoms with van der Waals surface area (Å²) in [7, 11) is 0. The fourth-order valence-corrected chi connectivity index (χ4v) is 5.49. The van der Waals surface area contributed by atoms with E-state index < -0.39 is 0 Å². The molecule has 2 aromatic rings. The molecular weight excluding hydrogens is 334 g/mol. The van der Waals surface area contributed by atoms with Crippen LogP contribution < -0.4 is 10.9 Å². The Morgan fingerprint density at radius 3 is 2.92 bits per heavy atom. The van der Waals surface area contributed by atoms with E-state index in [2.05, 4.69) is 17.2 Å². The van der Waals surface area contributed by atoms with E-state index >= 15 is 0 Å². The third kappa shape index (κ3) is 3.36. The molecular formula is C19H25N3O2S. The number of nitrogens with one attached hydrogen (secondary N) is 1. The van der Waals surface area contributed by atoms with Crippen LogP contribution in [0.15, 0.2) is 11.1 Å². The molecule has 0 spiro atoms. The molecule has 2 aliphatic rings. The molecule has 1 atom stereocenters. The first-order valence-corrected chi connectivity index (χ1v) is 10.2. The zero-order valence-corrected chi connectivity index (χ0v) is 15.5. The smallest absolute Gasteiger partial charge is 0.262 e. The van der Waals surface area contributed by atoms with Crippen molar-refractivity contribution in [1.82, 2.24) is 14.9 Å². The number of aryl methyl sites for hydroxylation is 1. The number of carbonyl (C=O) groups excluding carboxylic acids is 1. The van der Waals surface area contributed by atoms with Crippen molar-refractivity contribution < 1.29 is 4.79 Å². The van der Waals surface area contributed by atoms with Gasteiger partial charge in [-0.25, -0.2) is 4.98 Å². The molecule has 2 heterocycles. The van der Waals surface area contributed by atoms with Gasteiger partial charge in [0.2, 0.25) is 5.91 Å². The topological polar surface area (TPSA) is 64.0 Å². The van der Waals surface area contributed by atoms with Gasteiger partial charge in [-0.05, 0) is 43.6 Å². The summed E-state index contributed by atoms with van der Waals surface area (Å²) >= 11 is 1.65. The molecule has 0 saturated heterocycles. The Morgan fingerprint density at radius 2 is 2.12 bits per heavy atom. The summed E-state index contributed by atoms with van der Waals surface area (Å²) in [5.41, 5.74) is 1.12. The largest absolute Gasteiger partial charge is 0.352 e. The van der Waals surface area contributed by atoms with E-state index in [1.807, 2.05) is 0 Å². The lowest BCUT2D eigenvalue weighted by Gasteiger charge is -2.22. The Hall–Kier alpha value is -1.69. The van der Waals surface area contributed by atoms with E-state index in [1.54, 1.807) is 11.3 Å². The molecule has 4 rings (SSSR count). The minimum Gasteiger partial charge on any atom is -0.352 e. The number of rotatable bonds is 3. The summed E-state index contributed by atoms with van der Waals surface area (Å²) < 4.78 is 1.48. The quantitative estimate of drug-likeness (QED) is 0.916.